The number of aryl methyl sites for hydroxylation is 2. The van der Waals surface area contributed by atoms with Crippen LogP contribution in [0.5, 0.6) is 0 Å². The van der Waals surface area contributed by atoms with E-state index in [-0.39, 0.29) is 0 Å². The first-order valence-electron chi connectivity index (χ1n) is 5.23. The molecule has 6 heteroatoms. The summed E-state index contributed by atoms with van der Waals surface area (Å²) in [6.07, 6.45) is 0. The fourth-order valence-corrected chi connectivity index (χ4v) is 2.32. The van der Waals surface area contributed by atoms with Crippen LogP contribution in [0.25, 0.3) is 0 Å². The zero-order valence-electron chi connectivity index (χ0n) is 10.3. The SMILES string of the molecule is C=C(Br)CNC(=NC)NCc1sc(C)nc1C. The number of nitrogens with zero attached hydrogens (tertiary/aromatic N) is 2. The van der Waals surface area contributed by atoms with E-state index in [0.29, 0.717) is 6.54 Å². The summed E-state index contributed by atoms with van der Waals surface area (Å²) < 4.78 is 0.894. The molecule has 0 bridgehead atoms. The molecule has 0 aliphatic heterocycles. The Balaban J connectivity index is 2.48. The molecule has 1 heterocycles. The lowest BCUT2D eigenvalue weighted by Gasteiger charge is -2.10. The van der Waals surface area contributed by atoms with Crippen molar-refractivity contribution in [1.29, 1.82) is 0 Å². The van der Waals surface area contributed by atoms with Crippen molar-refractivity contribution in [3.05, 3.63) is 26.6 Å². The molecule has 0 atom stereocenters. The zero-order valence-corrected chi connectivity index (χ0v) is 12.7. The maximum absolute atomic E-state index is 4.39. The highest BCUT2D eigenvalue weighted by Gasteiger charge is 2.05. The van der Waals surface area contributed by atoms with Crippen LogP contribution in [-0.4, -0.2) is 24.5 Å². The molecule has 17 heavy (non-hydrogen) atoms. The van der Waals surface area contributed by atoms with Gasteiger partial charge in [-0.25, -0.2) is 4.98 Å². The van der Waals surface area contributed by atoms with Gasteiger partial charge >= 0.3 is 0 Å². The van der Waals surface area contributed by atoms with Crippen molar-refractivity contribution in [2.75, 3.05) is 13.6 Å². The molecule has 0 saturated heterocycles. The summed E-state index contributed by atoms with van der Waals surface area (Å²) in [7, 11) is 1.75. The van der Waals surface area contributed by atoms with Gasteiger partial charge in [-0.3, -0.25) is 4.99 Å². The number of thiazole rings is 1. The summed E-state index contributed by atoms with van der Waals surface area (Å²) in [6.45, 7) is 9.20. The van der Waals surface area contributed by atoms with Gasteiger partial charge in [-0.05, 0) is 13.8 Å². The Morgan fingerprint density at radius 3 is 2.65 bits per heavy atom. The van der Waals surface area contributed by atoms with E-state index in [1.165, 1.54) is 4.88 Å². The fraction of sp³-hybridized carbons (Fsp3) is 0.455. The van der Waals surface area contributed by atoms with E-state index in [0.717, 1.165) is 27.7 Å². The standard InChI is InChI=1S/C11H17BrN4S/c1-7(12)5-14-11(13-4)15-6-10-8(2)16-9(3)17-10/h1,5-6H2,2-4H3,(H2,13,14,15). The van der Waals surface area contributed by atoms with Crippen LogP contribution in [0.15, 0.2) is 16.1 Å². The maximum atomic E-state index is 4.39. The molecule has 1 rings (SSSR count). The minimum atomic E-state index is 0.653. The Morgan fingerprint density at radius 2 is 2.18 bits per heavy atom. The van der Waals surface area contributed by atoms with Crippen LogP contribution in [0.2, 0.25) is 0 Å². The number of hydrogen-bond acceptors (Lipinski definition) is 3. The predicted octanol–water partition coefficient (Wildman–Crippen LogP) is 2.33. The van der Waals surface area contributed by atoms with Crippen molar-refractivity contribution in [2.24, 2.45) is 4.99 Å². The Hall–Kier alpha value is -0.880. The van der Waals surface area contributed by atoms with Crippen LogP contribution in [0.4, 0.5) is 0 Å². The molecular formula is C11H17BrN4S. The molecule has 2 N–H and O–H groups in total. The summed E-state index contributed by atoms with van der Waals surface area (Å²) >= 11 is 5.00. The second-order valence-corrected chi connectivity index (χ2v) is 5.95. The van der Waals surface area contributed by atoms with E-state index in [1.54, 1.807) is 18.4 Å². The van der Waals surface area contributed by atoms with E-state index >= 15 is 0 Å². The highest BCUT2D eigenvalue weighted by molar-refractivity contribution is 9.11. The van der Waals surface area contributed by atoms with E-state index in [4.69, 9.17) is 0 Å². The van der Waals surface area contributed by atoms with E-state index in [1.807, 2.05) is 13.8 Å². The average molecular weight is 317 g/mol. The Labute approximate surface area is 114 Å². The molecule has 0 fully saturated rings. The average Bonchev–Trinajstić information content (AvgIpc) is 2.57. The van der Waals surface area contributed by atoms with Crippen LogP contribution in [0, 0.1) is 13.8 Å². The van der Waals surface area contributed by atoms with Gasteiger partial charge in [0.25, 0.3) is 0 Å². The molecular weight excluding hydrogens is 300 g/mol. The van der Waals surface area contributed by atoms with Crippen molar-refractivity contribution in [2.45, 2.75) is 20.4 Å². The minimum absolute atomic E-state index is 0.653. The van der Waals surface area contributed by atoms with Gasteiger partial charge < -0.3 is 10.6 Å². The van der Waals surface area contributed by atoms with Gasteiger partial charge in [-0.2, -0.15) is 0 Å². The smallest absolute Gasteiger partial charge is 0.191 e. The summed E-state index contributed by atoms with van der Waals surface area (Å²) in [4.78, 5) is 9.75. The van der Waals surface area contributed by atoms with Crippen LogP contribution < -0.4 is 10.6 Å². The number of guanidine groups is 1. The first-order chi connectivity index (χ1) is 8.02. The van der Waals surface area contributed by atoms with Crippen molar-refractivity contribution in [3.8, 4) is 0 Å². The molecule has 0 unspecified atom stereocenters. The number of rotatable bonds is 4. The molecule has 0 saturated carbocycles. The van der Waals surface area contributed by atoms with Gasteiger partial charge in [-0.1, -0.05) is 22.5 Å². The second-order valence-electron chi connectivity index (χ2n) is 3.54. The normalized spacial score (nSPS) is 11.4. The highest BCUT2D eigenvalue weighted by atomic mass is 79.9. The van der Waals surface area contributed by atoms with E-state index < -0.39 is 0 Å². The minimum Gasteiger partial charge on any atom is -0.352 e. The number of aliphatic imine (C=N–C) groups is 1. The van der Waals surface area contributed by atoms with Gasteiger partial charge in [0.05, 0.1) is 17.2 Å². The Bertz CT molecular complexity index is 425. The van der Waals surface area contributed by atoms with Gasteiger partial charge in [-0.15, -0.1) is 11.3 Å². The molecule has 0 radical (unpaired) electrons. The van der Waals surface area contributed by atoms with Crippen molar-refractivity contribution < 1.29 is 0 Å². The van der Waals surface area contributed by atoms with Crippen LogP contribution in [0.3, 0.4) is 0 Å². The lowest BCUT2D eigenvalue weighted by atomic mass is 10.4. The molecule has 1 aromatic heterocycles. The lowest BCUT2D eigenvalue weighted by Crippen LogP contribution is -2.37. The van der Waals surface area contributed by atoms with Gasteiger partial charge in [0.2, 0.25) is 0 Å². The van der Waals surface area contributed by atoms with Crippen LogP contribution in [0.1, 0.15) is 15.6 Å². The highest BCUT2D eigenvalue weighted by Crippen LogP contribution is 2.16. The number of aromatic nitrogens is 1. The predicted molar refractivity (Wildman–Crippen MR) is 77.9 cm³/mol. The van der Waals surface area contributed by atoms with Crippen molar-refractivity contribution in [1.82, 2.24) is 15.6 Å². The molecule has 0 aliphatic rings. The largest absolute Gasteiger partial charge is 0.352 e. The third-order valence-corrected chi connectivity index (χ3v) is 3.44. The third-order valence-electron chi connectivity index (χ3n) is 2.09. The Morgan fingerprint density at radius 1 is 1.47 bits per heavy atom. The number of nitrogens with one attached hydrogen (secondary N) is 2. The molecule has 0 aromatic carbocycles. The van der Waals surface area contributed by atoms with Gasteiger partial charge in [0.15, 0.2) is 5.96 Å². The number of hydrogen-bond donors (Lipinski definition) is 2. The molecule has 94 valence electrons. The summed E-state index contributed by atoms with van der Waals surface area (Å²) in [5, 5.41) is 7.48. The van der Waals surface area contributed by atoms with E-state index in [9.17, 15) is 0 Å². The molecule has 4 nitrogen and oxygen atoms in total. The van der Waals surface area contributed by atoms with Gasteiger partial charge in [0.1, 0.15) is 0 Å². The Kier molecular flexibility index (Phi) is 5.64. The first-order valence-corrected chi connectivity index (χ1v) is 6.84. The molecule has 0 aliphatic carbocycles. The van der Waals surface area contributed by atoms with Crippen LogP contribution >= 0.6 is 27.3 Å². The third kappa shape index (κ3) is 4.87. The van der Waals surface area contributed by atoms with Crippen LogP contribution in [-0.2, 0) is 6.54 Å². The topological polar surface area (TPSA) is 49.3 Å². The quantitative estimate of drug-likeness (QED) is 0.662. The molecule has 0 amide bonds. The lowest BCUT2D eigenvalue weighted by molar-refractivity contribution is 0.849. The van der Waals surface area contributed by atoms with E-state index in [2.05, 4.69) is 43.1 Å². The molecule has 1 aromatic rings. The first kappa shape index (κ1) is 14.2. The fourth-order valence-electron chi connectivity index (χ4n) is 1.30. The maximum Gasteiger partial charge on any atom is 0.191 e. The summed E-state index contributed by atoms with van der Waals surface area (Å²) in [5.74, 6) is 0.760. The monoisotopic (exact) mass is 316 g/mol. The zero-order chi connectivity index (χ0) is 12.8. The van der Waals surface area contributed by atoms with Crippen molar-refractivity contribution >= 4 is 33.2 Å². The molecule has 0 spiro atoms. The summed E-state index contributed by atoms with van der Waals surface area (Å²) in [6, 6.07) is 0. The second kappa shape index (κ2) is 6.76. The summed E-state index contributed by atoms with van der Waals surface area (Å²) in [5.41, 5.74) is 1.08. The number of halogens is 1. The van der Waals surface area contributed by atoms with Gasteiger partial charge in [0, 0.05) is 23.0 Å². The van der Waals surface area contributed by atoms with Crippen molar-refractivity contribution in [3.63, 3.8) is 0 Å².